The van der Waals surface area contributed by atoms with Crippen molar-refractivity contribution < 1.29 is 0 Å². The second-order valence-corrected chi connectivity index (χ2v) is 17.0. The lowest BCUT2D eigenvalue weighted by atomic mass is 10.0. The molecule has 0 radical (unpaired) electrons. The lowest BCUT2D eigenvalue weighted by Crippen LogP contribution is -2.02. The first-order valence-electron chi connectivity index (χ1n) is 24.5. The van der Waals surface area contributed by atoms with Crippen LogP contribution in [0.3, 0.4) is 0 Å². The first-order valence-corrected chi connectivity index (χ1v) is 24.5. The smallest absolute Gasteiger partial charge is 0.132 e. The Morgan fingerprint density at radius 3 is 0.615 bits per heavy atom. The summed E-state index contributed by atoms with van der Waals surface area (Å²) in [5, 5.41) is 0. The molecule has 0 unspecified atom stereocenters. The lowest BCUT2D eigenvalue weighted by Gasteiger charge is -2.05. The van der Waals surface area contributed by atoms with Crippen molar-refractivity contribution in [3.8, 4) is 0 Å². The molecule has 1 rings (SSSR count). The Kier molecular flexibility index (Phi) is 40.3. The monoisotopic (exact) mass is 726 g/mol. The predicted octanol–water partition coefficient (Wildman–Crippen LogP) is 17.4. The van der Waals surface area contributed by atoms with Crippen LogP contribution < -0.4 is 0 Å². The average Bonchev–Trinajstić information content (AvgIpc) is 3.16. The van der Waals surface area contributed by atoms with Gasteiger partial charge in [-0.1, -0.05) is 271 Å². The van der Waals surface area contributed by atoms with E-state index in [1.54, 1.807) is 6.33 Å². The Labute approximate surface area is 328 Å². The van der Waals surface area contributed by atoms with E-state index in [1.165, 1.54) is 270 Å². The number of nitrogens with zero attached hydrogens (tertiary/aromatic N) is 3. The summed E-state index contributed by atoms with van der Waals surface area (Å²) in [5.41, 5.74) is 0. The van der Waals surface area contributed by atoms with Crippen LogP contribution in [0.1, 0.15) is 295 Å². The van der Waals surface area contributed by atoms with E-state index in [1.807, 2.05) is 0 Å². The second kappa shape index (κ2) is 42.7. The molecule has 0 aliphatic rings. The number of unbranched alkanes of at least 4 members (excludes halogenated alkanes) is 40. The number of aryl methyl sites for hydroxylation is 2. The van der Waals surface area contributed by atoms with E-state index in [0.29, 0.717) is 0 Å². The largest absolute Gasteiger partial charge is 0.221 e. The molecule has 3 heteroatoms. The fraction of sp³-hybridized carbons (Fsp3) is 0.939. The Hall–Kier alpha value is -0.990. The van der Waals surface area contributed by atoms with Gasteiger partial charge in [-0.3, -0.25) is 0 Å². The predicted molar refractivity (Wildman–Crippen MR) is 232 cm³/mol. The van der Waals surface area contributed by atoms with Gasteiger partial charge in [0.2, 0.25) is 0 Å². The molecule has 0 saturated carbocycles. The molecule has 1 aromatic heterocycles. The van der Waals surface area contributed by atoms with Crippen LogP contribution in [0, 0.1) is 0 Å². The molecule has 3 nitrogen and oxygen atoms in total. The lowest BCUT2D eigenvalue weighted by molar-refractivity contribution is 0.519. The molecule has 1 heterocycles. The quantitative estimate of drug-likeness (QED) is 0.0629. The zero-order valence-corrected chi connectivity index (χ0v) is 36.0. The topological polar surface area (TPSA) is 38.7 Å². The average molecular weight is 726 g/mol. The first kappa shape index (κ1) is 49.0. The molecule has 0 aromatic carbocycles. The van der Waals surface area contributed by atoms with Crippen molar-refractivity contribution in [1.29, 1.82) is 0 Å². The van der Waals surface area contributed by atoms with Gasteiger partial charge in [0.05, 0.1) is 0 Å². The third kappa shape index (κ3) is 37.3. The zero-order valence-electron chi connectivity index (χ0n) is 36.0. The number of rotatable bonds is 44. The maximum atomic E-state index is 4.79. The van der Waals surface area contributed by atoms with Crippen LogP contribution in [0.2, 0.25) is 0 Å². The molecule has 0 N–H and O–H groups in total. The van der Waals surface area contributed by atoms with Crippen molar-refractivity contribution in [2.24, 2.45) is 0 Å². The number of hydrogen-bond donors (Lipinski definition) is 0. The molecule has 306 valence electrons. The zero-order chi connectivity index (χ0) is 37.1. The van der Waals surface area contributed by atoms with Crippen LogP contribution in [-0.4, -0.2) is 15.0 Å². The number of hydrogen-bond acceptors (Lipinski definition) is 3. The summed E-state index contributed by atoms with van der Waals surface area (Å²) in [5.74, 6) is 2.04. The van der Waals surface area contributed by atoms with Crippen molar-refractivity contribution in [3.63, 3.8) is 0 Å². The fourth-order valence-corrected chi connectivity index (χ4v) is 8.04. The van der Waals surface area contributed by atoms with Gasteiger partial charge < -0.3 is 0 Å². The minimum absolute atomic E-state index is 1.02. The molecule has 52 heavy (non-hydrogen) atoms. The van der Waals surface area contributed by atoms with Gasteiger partial charge in [0.15, 0.2) is 0 Å². The van der Waals surface area contributed by atoms with Crippen LogP contribution in [0.4, 0.5) is 0 Å². The van der Waals surface area contributed by atoms with Crippen LogP contribution >= 0.6 is 0 Å². The summed E-state index contributed by atoms with van der Waals surface area (Å²) in [7, 11) is 0. The molecule has 0 saturated heterocycles. The highest BCUT2D eigenvalue weighted by Gasteiger charge is 2.03. The minimum Gasteiger partial charge on any atom is -0.221 e. The molecule has 0 atom stereocenters. The van der Waals surface area contributed by atoms with Crippen LogP contribution in [-0.2, 0) is 12.8 Å². The normalized spacial score (nSPS) is 11.6. The van der Waals surface area contributed by atoms with Crippen molar-refractivity contribution in [2.45, 2.75) is 296 Å². The summed E-state index contributed by atoms with van der Waals surface area (Å²) in [4.78, 5) is 13.7. The van der Waals surface area contributed by atoms with E-state index < -0.39 is 0 Å². The summed E-state index contributed by atoms with van der Waals surface area (Å²) in [6.45, 7) is 4.61. The van der Waals surface area contributed by atoms with Crippen molar-refractivity contribution >= 4 is 0 Å². The fourth-order valence-electron chi connectivity index (χ4n) is 8.04. The highest BCUT2D eigenvalue weighted by molar-refractivity contribution is 4.91. The first-order chi connectivity index (χ1) is 25.9. The van der Waals surface area contributed by atoms with Crippen molar-refractivity contribution in [1.82, 2.24) is 15.0 Å². The van der Waals surface area contributed by atoms with Gasteiger partial charge in [0.1, 0.15) is 18.0 Å². The van der Waals surface area contributed by atoms with Crippen LogP contribution in [0.5, 0.6) is 0 Å². The molecule has 0 spiro atoms. The molecule has 1 aromatic rings. The number of aromatic nitrogens is 3. The molecule has 0 aliphatic carbocycles. The highest BCUT2D eigenvalue weighted by atomic mass is 15.0. The Morgan fingerprint density at radius 1 is 0.250 bits per heavy atom. The molecular weight excluding hydrogens is 631 g/mol. The maximum absolute atomic E-state index is 4.79. The van der Waals surface area contributed by atoms with Crippen molar-refractivity contribution in [2.75, 3.05) is 0 Å². The van der Waals surface area contributed by atoms with Crippen LogP contribution in [0.15, 0.2) is 6.33 Å². The van der Waals surface area contributed by atoms with Gasteiger partial charge in [0, 0.05) is 12.8 Å². The third-order valence-corrected chi connectivity index (χ3v) is 11.7. The van der Waals surface area contributed by atoms with E-state index >= 15 is 0 Å². The molecule has 0 fully saturated rings. The Balaban J connectivity index is 1.79. The van der Waals surface area contributed by atoms with Gasteiger partial charge in [-0.25, -0.2) is 15.0 Å². The highest BCUT2D eigenvalue weighted by Crippen LogP contribution is 2.17. The summed E-state index contributed by atoms with van der Waals surface area (Å²) >= 11 is 0. The second-order valence-electron chi connectivity index (χ2n) is 17.0. The van der Waals surface area contributed by atoms with Gasteiger partial charge in [-0.15, -0.1) is 0 Å². The summed E-state index contributed by atoms with van der Waals surface area (Å²) in [6, 6.07) is 0. The standard InChI is InChI=1S/C49H95N3/c1-3-5-7-9-11-13-15-17-19-21-23-25-27-29-31-33-35-37-39-41-43-45-48-50-47-51-49(52-48)46-44-42-40-38-36-34-32-30-28-26-24-22-20-18-16-14-12-10-8-6-4-2/h47H,3-46H2,1-2H3. The van der Waals surface area contributed by atoms with Gasteiger partial charge >= 0.3 is 0 Å². The Bertz CT molecular complexity index is 733. The molecular formula is C49H95N3. The molecule has 0 bridgehead atoms. The van der Waals surface area contributed by atoms with E-state index in [0.717, 1.165) is 24.5 Å². The summed E-state index contributed by atoms with van der Waals surface area (Å²) in [6.07, 6.45) is 63.9. The van der Waals surface area contributed by atoms with E-state index in [9.17, 15) is 0 Å². The summed E-state index contributed by atoms with van der Waals surface area (Å²) < 4.78 is 0. The SMILES string of the molecule is CCCCCCCCCCCCCCCCCCCCCCCc1ncnc(CCCCCCCCCCCCCCCCCCCCCCC)n1. The third-order valence-electron chi connectivity index (χ3n) is 11.7. The van der Waals surface area contributed by atoms with E-state index in [-0.39, 0.29) is 0 Å². The van der Waals surface area contributed by atoms with Gasteiger partial charge in [0.25, 0.3) is 0 Å². The van der Waals surface area contributed by atoms with Crippen LogP contribution in [0.25, 0.3) is 0 Å². The van der Waals surface area contributed by atoms with Crippen molar-refractivity contribution in [3.05, 3.63) is 18.0 Å². The molecule has 0 aliphatic heterocycles. The minimum atomic E-state index is 1.02. The Morgan fingerprint density at radius 2 is 0.423 bits per heavy atom. The van der Waals surface area contributed by atoms with Gasteiger partial charge in [-0.05, 0) is 12.8 Å². The molecule has 0 amide bonds. The van der Waals surface area contributed by atoms with Gasteiger partial charge in [-0.2, -0.15) is 0 Å². The van der Waals surface area contributed by atoms with E-state index in [4.69, 9.17) is 4.98 Å². The van der Waals surface area contributed by atoms with E-state index in [2.05, 4.69) is 23.8 Å². The maximum Gasteiger partial charge on any atom is 0.132 e.